The fourth-order valence-corrected chi connectivity index (χ4v) is 5.76. The van der Waals surface area contributed by atoms with Gasteiger partial charge >= 0.3 is 146 Å². The molecule has 3 heteroatoms. The summed E-state index contributed by atoms with van der Waals surface area (Å²) in [5.41, 5.74) is 7.08. The second-order valence-electron chi connectivity index (χ2n) is 6.72. The van der Waals surface area contributed by atoms with Crippen LogP contribution in [0.2, 0.25) is 0 Å². The first kappa shape index (κ1) is 21.5. The maximum absolute atomic E-state index is 2.38. The Kier molecular flexibility index (Phi) is 9.73. The standard InChI is InChI=1S/C20H27.2ClH.Zr/c1-2-3-4-5-6-7-12-18-17-13-14-19(18)20(15-17)16-10-8-9-11-16;;;/h8-10,20H,2-7,11-14H2,1H3;2*1H;/q;;;+2/p-2. The molecule has 0 N–H and O–H groups in total. The molecule has 23 heavy (non-hydrogen) atoms. The summed E-state index contributed by atoms with van der Waals surface area (Å²) in [5.74, 6) is 0.733. The van der Waals surface area contributed by atoms with Gasteiger partial charge < -0.3 is 24.8 Å². The van der Waals surface area contributed by atoms with E-state index in [4.69, 9.17) is 0 Å². The van der Waals surface area contributed by atoms with E-state index in [1.807, 2.05) is 5.57 Å². The Morgan fingerprint density at radius 2 is 1.78 bits per heavy atom. The van der Waals surface area contributed by atoms with Crippen molar-refractivity contribution < 1.29 is 49.5 Å². The summed E-state index contributed by atoms with van der Waals surface area (Å²) in [4.78, 5) is 0. The molecule has 0 saturated carbocycles. The largest absolute Gasteiger partial charge is 1.00 e. The van der Waals surface area contributed by atoms with E-state index in [2.05, 4.69) is 25.2 Å². The minimum Gasteiger partial charge on any atom is -1.00 e. The molecule has 0 spiro atoms. The van der Waals surface area contributed by atoms with Crippen LogP contribution < -0.4 is 24.8 Å². The fourth-order valence-electron chi connectivity index (χ4n) is 4.20. The predicted octanol–water partition coefficient (Wildman–Crippen LogP) is 0.152. The number of allylic oxidation sites excluding steroid dienone is 8. The van der Waals surface area contributed by atoms with Gasteiger partial charge in [0, 0.05) is 0 Å². The van der Waals surface area contributed by atoms with Crippen LogP contribution in [0.5, 0.6) is 0 Å². The summed E-state index contributed by atoms with van der Waals surface area (Å²) in [6.07, 6.45) is 20.8. The minimum atomic E-state index is 0. The Morgan fingerprint density at radius 1 is 1.04 bits per heavy atom. The molecule has 1 atom stereocenters. The summed E-state index contributed by atoms with van der Waals surface area (Å²) in [6.45, 7) is 2.30. The van der Waals surface area contributed by atoms with E-state index < -0.39 is 0 Å². The van der Waals surface area contributed by atoms with Crippen molar-refractivity contribution in [1.29, 1.82) is 0 Å². The Balaban J connectivity index is 0.00000132. The molecule has 125 valence electrons. The van der Waals surface area contributed by atoms with E-state index in [0.717, 1.165) is 5.92 Å². The number of rotatable bonds is 8. The van der Waals surface area contributed by atoms with Gasteiger partial charge in [-0.2, -0.15) is 0 Å². The third kappa shape index (κ3) is 4.74. The van der Waals surface area contributed by atoms with Crippen LogP contribution in [0.1, 0.15) is 71.1 Å². The SMILES string of the molecule is CCCCCCCCC1=C2CCC1=[C]([Zr+2])C2C1=CC=CC1.[Cl-].[Cl-]. The number of halogens is 2. The first-order valence-electron chi connectivity index (χ1n) is 8.85. The topological polar surface area (TPSA) is 0 Å². The molecule has 0 radical (unpaired) electrons. The van der Waals surface area contributed by atoms with Crippen LogP contribution in [0.25, 0.3) is 0 Å². The van der Waals surface area contributed by atoms with E-state index in [1.54, 1.807) is 44.7 Å². The summed E-state index contributed by atoms with van der Waals surface area (Å²) in [6, 6.07) is 0. The first-order valence-corrected chi connectivity index (χ1v) is 10.1. The van der Waals surface area contributed by atoms with E-state index in [0.29, 0.717) is 0 Å². The Labute approximate surface area is 169 Å². The normalized spacial score (nSPS) is 21.7. The van der Waals surface area contributed by atoms with E-state index in [-0.39, 0.29) is 24.8 Å². The molecule has 0 heterocycles. The van der Waals surface area contributed by atoms with Crippen molar-refractivity contribution in [1.82, 2.24) is 0 Å². The van der Waals surface area contributed by atoms with Gasteiger partial charge in [0.1, 0.15) is 0 Å². The van der Waals surface area contributed by atoms with Crippen LogP contribution in [0.4, 0.5) is 0 Å². The molecule has 2 bridgehead atoms. The van der Waals surface area contributed by atoms with Gasteiger partial charge in [0.25, 0.3) is 0 Å². The maximum Gasteiger partial charge on any atom is -1.00 e. The zero-order chi connectivity index (χ0) is 14.7. The molecule has 0 nitrogen and oxygen atoms in total. The average Bonchev–Trinajstić information content (AvgIpc) is 3.18. The van der Waals surface area contributed by atoms with Gasteiger partial charge in [-0.25, -0.2) is 0 Å². The summed E-state index contributed by atoms with van der Waals surface area (Å²) < 4.78 is 1.78. The van der Waals surface area contributed by atoms with Crippen LogP contribution in [-0.4, -0.2) is 0 Å². The van der Waals surface area contributed by atoms with E-state index in [1.165, 1.54) is 64.2 Å². The molecule has 0 amide bonds. The van der Waals surface area contributed by atoms with E-state index >= 15 is 0 Å². The number of fused-ring (bicyclic) bond motifs is 1. The van der Waals surface area contributed by atoms with Crippen molar-refractivity contribution in [3.8, 4) is 0 Å². The molecule has 3 aliphatic carbocycles. The van der Waals surface area contributed by atoms with Gasteiger partial charge in [0.05, 0.1) is 0 Å². The summed E-state index contributed by atoms with van der Waals surface area (Å²) in [5, 5.41) is 0. The zero-order valence-corrected chi connectivity index (χ0v) is 18.1. The van der Waals surface area contributed by atoms with Gasteiger partial charge in [-0.05, 0) is 0 Å². The quantitative estimate of drug-likeness (QED) is 0.482. The van der Waals surface area contributed by atoms with Crippen LogP contribution in [-0.2, 0) is 24.7 Å². The van der Waals surface area contributed by atoms with Crippen molar-refractivity contribution in [2.75, 3.05) is 0 Å². The fraction of sp³-hybridized carbons (Fsp3) is 0.600. The molecule has 0 saturated heterocycles. The summed E-state index contributed by atoms with van der Waals surface area (Å²) >= 11 is 1.66. The van der Waals surface area contributed by atoms with Crippen molar-refractivity contribution >= 4 is 0 Å². The smallest absolute Gasteiger partial charge is 1.00 e. The monoisotopic (exact) mass is 427 g/mol. The molecule has 0 fully saturated rings. The van der Waals surface area contributed by atoms with Crippen molar-refractivity contribution in [2.45, 2.75) is 71.1 Å². The molecular weight excluding hydrogens is 402 g/mol. The zero-order valence-electron chi connectivity index (χ0n) is 14.1. The average molecular weight is 430 g/mol. The van der Waals surface area contributed by atoms with Crippen LogP contribution in [0.3, 0.4) is 0 Å². The molecule has 0 aromatic rings. The molecule has 0 aliphatic heterocycles. The summed E-state index contributed by atoms with van der Waals surface area (Å²) in [7, 11) is 0. The second kappa shape index (κ2) is 10.4. The van der Waals surface area contributed by atoms with Crippen molar-refractivity contribution in [3.05, 3.63) is 43.8 Å². The third-order valence-electron chi connectivity index (χ3n) is 5.31. The molecule has 3 aliphatic rings. The van der Waals surface area contributed by atoms with Gasteiger partial charge in [0.2, 0.25) is 0 Å². The molecular formula is C20H27Cl2Zr. The van der Waals surface area contributed by atoms with Crippen LogP contribution in [0.15, 0.2) is 43.8 Å². The number of hydrogen-bond acceptors (Lipinski definition) is 0. The molecule has 0 aromatic carbocycles. The third-order valence-corrected chi connectivity index (χ3v) is 6.76. The van der Waals surface area contributed by atoms with Crippen molar-refractivity contribution in [3.63, 3.8) is 0 Å². The second-order valence-corrected chi connectivity index (χ2v) is 8.04. The van der Waals surface area contributed by atoms with Gasteiger partial charge in [-0.3, -0.25) is 0 Å². The van der Waals surface area contributed by atoms with Crippen LogP contribution in [0, 0.1) is 5.92 Å². The van der Waals surface area contributed by atoms with Gasteiger partial charge in [-0.15, -0.1) is 0 Å². The Bertz CT molecular complexity index is 526. The maximum atomic E-state index is 2.38. The number of unbranched alkanes of at least 4 members (excludes halogenated alkanes) is 5. The predicted molar refractivity (Wildman–Crippen MR) is 86.6 cm³/mol. The molecule has 0 aromatic heterocycles. The Morgan fingerprint density at radius 3 is 2.48 bits per heavy atom. The van der Waals surface area contributed by atoms with Crippen LogP contribution >= 0.6 is 0 Å². The first-order chi connectivity index (χ1) is 10.3. The van der Waals surface area contributed by atoms with E-state index in [9.17, 15) is 0 Å². The molecule has 3 rings (SSSR count). The van der Waals surface area contributed by atoms with Gasteiger partial charge in [-0.1, -0.05) is 0 Å². The molecule has 1 unspecified atom stereocenters. The minimum absolute atomic E-state index is 0. The Hall–Kier alpha value is 0.423. The van der Waals surface area contributed by atoms with Gasteiger partial charge in [0.15, 0.2) is 0 Å². The van der Waals surface area contributed by atoms with Crippen molar-refractivity contribution in [2.24, 2.45) is 5.92 Å². The number of hydrogen-bond donors (Lipinski definition) is 0.